The van der Waals surface area contributed by atoms with Gasteiger partial charge >= 0.3 is 0 Å². The summed E-state index contributed by atoms with van der Waals surface area (Å²) in [6, 6.07) is 2.79. The lowest BCUT2D eigenvalue weighted by atomic mass is 10.3. The van der Waals surface area contributed by atoms with Crippen molar-refractivity contribution in [1.82, 2.24) is 0 Å². The molecular formula is C9H6F2S2. The van der Waals surface area contributed by atoms with Crippen LogP contribution in [0.2, 0.25) is 0 Å². The number of aryl methyl sites for hydroxylation is 1. The first kappa shape index (κ1) is 8.84. The van der Waals surface area contributed by atoms with Gasteiger partial charge in [-0.05, 0) is 24.4 Å². The number of thiophene rings is 2. The van der Waals surface area contributed by atoms with E-state index in [-0.39, 0.29) is 11.6 Å². The van der Waals surface area contributed by atoms with Gasteiger partial charge in [-0.3, -0.25) is 0 Å². The highest BCUT2D eigenvalue weighted by Gasteiger charge is 2.13. The molecule has 0 fully saturated rings. The molecule has 0 aliphatic heterocycles. The Bertz CT molecular complexity index is 429. The fraction of sp³-hybridized carbons (Fsp3) is 0.111. The molecule has 2 rings (SSSR count). The lowest BCUT2D eigenvalue weighted by Crippen LogP contribution is -1.74. The summed E-state index contributed by atoms with van der Waals surface area (Å²) < 4.78 is 26.3. The summed E-state index contributed by atoms with van der Waals surface area (Å²) in [5.41, 5.74) is 0. The number of hydrogen-bond acceptors (Lipinski definition) is 2. The van der Waals surface area contributed by atoms with Gasteiger partial charge in [0.15, 0.2) is 0 Å². The molecule has 0 unspecified atom stereocenters. The summed E-state index contributed by atoms with van der Waals surface area (Å²) in [6.45, 7) is 1.81. The first-order valence-electron chi connectivity index (χ1n) is 3.68. The second-order valence-electron chi connectivity index (χ2n) is 2.63. The van der Waals surface area contributed by atoms with Gasteiger partial charge in [0.1, 0.15) is 11.6 Å². The minimum absolute atomic E-state index is 0.330. The Labute approximate surface area is 82.5 Å². The van der Waals surface area contributed by atoms with Crippen molar-refractivity contribution in [2.75, 3.05) is 0 Å². The maximum Gasteiger partial charge on any atom is 0.142 e. The minimum Gasteiger partial charge on any atom is -0.205 e. The first-order chi connectivity index (χ1) is 6.18. The van der Waals surface area contributed by atoms with Gasteiger partial charge < -0.3 is 0 Å². The topological polar surface area (TPSA) is 0 Å². The number of rotatable bonds is 1. The molecular weight excluding hydrogens is 210 g/mol. The first-order valence-corrected chi connectivity index (χ1v) is 5.37. The second kappa shape index (κ2) is 3.20. The van der Waals surface area contributed by atoms with E-state index >= 15 is 0 Å². The van der Waals surface area contributed by atoms with Crippen molar-refractivity contribution >= 4 is 22.7 Å². The van der Waals surface area contributed by atoms with Crippen LogP contribution in [0.15, 0.2) is 17.5 Å². The fourth-order valence-electron chi connectivity index (χ4n) is 1.09. The van der Waals surface area contributed by atoms with Gasteiger partial charge in [-0.2, -0.15) is 0 Å². The number of halogens is 2. The molecule has 0 radical (unpaired) electrons. The molecule has 2 aromatic rings. The SMILES string of the molecule is Cc1cc(F)c(-c2sccc2F)s1. The molecule has 0 nitrogen and oxygen atoms in total. The standard InChI is InChI=1S/C9H6F2S2/c1-5-4-7(11)9(13-5)8-6(10)2-3-12-8/h2-4H,1H3. The molecule has 0 aliphatic rings. The van der Waals surface area contributed by atoms with Gasteiger partial charge in [0.2, 0.25) is 0 Å². The molecule has 68 valence electrons. The summed E-state index contributed by atoms with van der Waals surface area (Å²) in [5, 5.41) is 1.62. The van der Waals surface area contributed by atoms with Crippen LogP contribution in [-0.4, -0.2) is 0 Å². The van der Waals surface area contributed by atoms with Gasteiger partial charge in [0.25, 0.3) is 0 Å². The average molecular weight is 216 g/mol. The molecule has 13 heavy (non-hydrogen) atoms. The fourth-order valence-corrected chi connectivity index (χ4v) is 2.90. The number of hydrogen-bond donors (Lipinski definition) is 0. The van der Waals surface area contributed by atoms with E-state index in [0.29, 0.717) is 9.75 Å². The third-order valence-corrected chi connectivity index (χ3v) is 3.71. The van der Waals surface area contributed by atoms with Gasteiger partial charge in [-0.25, -0.2) is 8.78 Å². The van der Waals surface area contributed by atoms with Crippen LogP contribution in [0.3, 0.4) is 0 Å². The van der Waals surface area contributed by atoms with Crippen LogP contribution in [0.25, 0.3) is 9.75 Å². The third-order valence-electron chi connectivity index (χ3n) is 1.63. The van der Waals surface area contributed by atoms with E-state index in [2.05, 4.69) is 0 Å². The summed E-state index contributed by atoms with van der Waals surface area (Å²) >= 11 is 2.51. The highest BCUT2D eigenvalue weighted by molar-refractivity contribution is 7.21. The van der Waals surface area contributed by atoms with Crippen molar-refractivity contribution in [1.29, 1.82) is 0 Å². The predicted molar refractivity (Wildman–Crippen MR) is 52.3 cm³/mol. The van der Waals surface area contributed by atoms with Crippen LogP contribution in [0.1, 0.15) is 4.88 Å². The van der Waals surface area contributed by atoms with Gasteiger partial charge in [0, 0.05) is 4.88 Å². The van der Waals surface area contributed by atoms with Crippen molar-refractivity contribution in [3.05, 3.63) is 34.0 Å². The molecule has 4 heteroatoms. The maximum absolute atomic E-state index is 13.2. The molecule has 0 spiro atoms. The quantitative estimate of drug-likeness (QED) is 0.674. The summed E-state index contributed by atoms with van der Waals surface area (Å²) in [5.74, 6) is -0.672. The van der Waals surface area contributed by atoms with E-state index in [1.165, 1.54) is 34.8 Å². The zero-order chi connectivity index (χ0) is 9.42. The Morgan fingerprint density at radius 2 is 1.92 bits per heavy atom. The van der Waals surface area contributed by atoms with Crippen molar-refractivity contribution in [2.45, 2.75) is 6.92 Å². The molecule has 0 aromatic carbocycles. The summed E-state index contributed by atoms with van der Waals surface area (Å²) in [4.78, 5) is 1.67. The van der Waals surface area contributed by atoms with Crippen LogP contribution in [0.5, 0.6) is 0 Å². The lowest BCUT2D eigenvalue weighted by Gasteiger charge is -1.91. The Balaban J connectivity index is 2.58. The molecule has 0 amide bonds. The lowest BCUT2D eigenvalue weighted by molar-refractivity contribution is 0.623. The van der Waals surface area contributed by atoms with Crippen LogP contribution < -0.4 is 0 Å². The van der Waals surface area contributed by atoms with Gasteiger partial charge in [-0.1, -0.05) is 0 Å². The van der Waals surface area contributed by atoms with E-state index in [9.17, 15) is 8.78 Å². The minimum atomic E-state index is -0.342. The maximum atomic E-state index is 13.2. The van der Waals surface area contributed by atoms with Gasteiger partial charge in [-0.15, -0.1) is 22.7 Å². The zero-order valence-electron chi connectivity index (χ0n) is 6.80. The Morgan fingerprint density at radius 1 is 1.15 bits per heavy atom. The van der Waals surface area contributed by atoms with Gasteiger partial charge in [0.05, 0.1) is 9.75 Å². The van der Waals surface area contributed by atoms with Crippen molar-refractivity contribution in [2.24, 2.45) is 0 Å². The van der Waals surface area contributed by atoms with E-state index < -0.39 is 0 Å². The predicted octanol–water partition coefficient (Wildman–Crippen LogP) is 4.06. The van der Waals surface area contributed by atoms with E-state index in [0.717, 1.165) is 4.88 Å². The monoisotopic (exact) mass is 216 g/mol. The van der Waals surface area contributed by atoms with Crippen molar-refractivity contribution in [3.8, 4) is 9.75 Å². The average Bonchev–Trinajstić information content (AvgIpc) is 2.58. The van der Waals surface area contributed by atoms with E-state index in [1.807, 2.05) is 6.92 Å². The molecule has 0 aliphatic carbocycles. The van der Waals surface area contributed by atoms with Crippen LogP contribution in [-0.2, 0) is 0 Å². The molecule has 0 bridgehead atoms. The molecule has 0 N–H and O–H groups in total. The largest absolute Gasteiger partial charge is 0.205 e. The normalized spacial score (nSPS) is 10.7. The summed E-state index contributed by atoms with van der Waals surface area (Å²) in [7, 11) is 0. The van der Waals surface area contributed by atoms with E-state index in [1.54, 1.807) is 5.38 Å². The molecule has 0 saturated carbocycles. The van der Waals surface area contributed by atoms with Crippen LogP contribution in [0, 0.1) is 18.6 Å². The molecule has 0 saturated heterocycles. The summed E-state index contributed by atoms with van der Waals surface area (Å²) in [6.07, 6.45) is 0. The third kappa shape index (κ3) is 1.51. The van der Waals surface area contributed by atoms with Crippen molar-refractivity contribution < 1.29 is 8.78 Å². The smallest absolute Gasteiger partial charge is 0.142 e. The highest BCUT2D eigenvalue weighted by atomic mass is 32.1. The van der Waals surface area contributed by atoms with E-state index in [4.69, 9.17) is 0 Å². The van der Waals surface area contributed by atoms with Crippen LogP contribution in [0.4, 0.5) is 8.78 Å². The highest BCUT2D eigenvalue weighted by Crippen LogP contribution is 2.36. The molecule has 2 heterocycles. The second-order valence-corrected chi connectivity index (χ2v) is 4.80. The Kier molecular flexibility index (Phi) is 2.17. The van der Waals surface area contributed by atoms with Crippen molar-refractivity contribution in [3.63, 3.8) is 0 Å². The Hall–Kier alpha value is -0.740. The van der Waals surface area contributed by atoms with Crippen LogP contribution >= 0.6 is 22.7 Å². The molecule has 0 atom stereocenters. The Morgan fingerprint density at radius 3 is 2.38 bits per heavy atom. The zero-order valence-corrected chi connectivity index (χ0v) is 8.44. The molecule has 2 aromatic heterocycles.